The van der Waals surface area contributed by atoms with Gasteiger partial charge in [-0.15, -0.1) is 0 Å². The smallest absolute Gasteiger partial charge is 0.0359 e. The highest BCUT2D eigenvalue weighted by Crippen LogP contribution is 2.36. The largest absolute Gasteiger partial charge is 0.398 e. The fraction of sp³-hybridized carbons (Fsp3) is 0.647. The van der Waals surface area contributed by atoms with Crippen molar-refractivity contribution in [3.63, 3.8) is 0 Å². The first-order chi connectivity index (χ1) is 9.24. The number of anilines is 1. The zero-order valence-electron chi connectivity index (χ0n) is 12.1. The summed E-state index contributed by atoms with van der Waals surface area (Å²) < 4.78 is 0. The Labute approximate surface area is 117 Å². The number of nitrogen functional groups attached to an aromatic ring is 1. The molecule has 1 heterocycles. The van der Waals surface area contributed by atoms with Gasteiger partial charge in [0.2, 0.25) is 0 Å². The molecular weight excluding hydrogens is 232 g/mol. The Kier molecular flexibility index (Phi) is 3.79. The van der Waals surface area contributed by atoms with Crippen molar-refractivity contribution in [2.75, 3.05) is 12.3 Å². The van der Waals surface area contributed by atoms with Gasteiger partial charge in [0.05, 0.1) is 0 Å². The van der Waals surface area contributed by atoms with E-state index in [1.165, 1.54) is 56.2 Å². The predicted octanol–water partition coefficient (Wildman–Crippen LogP) is 3.73. The van der Waals surface area contributed by atoms with Gasteiger partial charge in [0.15, 0.2) is 0 Å². The Balaban J connectivity index is 1.75. The molecule has 1 aromatic carbocycles. The van der Waals surface area contributed by atoms with Gasteiger partial charge in [-0.25, -0.2) is 0 Å². The minimum Gasteiger partial charge on any atom is -0.398 e. The Bertz CT molecular complexity index is 439. The van der Waals surface area contributed by atoms with Crippen molar-refractivity contribution in [3.05, 3.63) is 29.3 Å². The maximum Gasteiger partial charge on any atom is 0.0359 e. The van der Waals surface area contributed by atoms with Gasteiger partial charge < -0.3 is 5.73 Å². The average molecular weight is 258 g/mol. The van der Waals surface area contributed by atoms with Crippen LogP contribution in [0.15, 0.2) is 18.2 Å². The van der Waals surface area contributed by atoms with Crippen LogP contribution < -0.4 is 5.73 Å². The Morgan fingerprint density at radius 2 is 1.95 bits per heavy atom. The molecule has 2 nitrogen and oxygen atoms in total. The SMILES string of the molecule is Cc1ccc(N)c(CN2CCCC3CCCCC32)c1. The molecular formula is C17H26N2. The number of benzene rings is 1. The second kappa shape index (κ2) is 5.54. The van der Waals surface area contributed by atoms with Gasteiger partial charge in [-0.1, -0.05) is 30.5 Å². The van der Waals surface area contributed by atoms with Crippen LogP contribution in [0.3, 0.4) is 0 Å². The summed E-state index contributed by atoms with van der Waals surface area (Å²) in [6, 6.07) is 7.26. The van der Waals surface area contributed by atoms with Crippen LogP contribution in [0.25, 0.3) is 0 Å². The molecule has 3 rings (SSSR count). The van der Waals surface area contributed by atoms with Gasteiger partial charge >= 0.3 is 0 Å². The van der Waals surface area contributed by atoms with E-state index in [9.17, 15) is 0 Å². The third-order valence-electron chi connectivity index (χ3n) is 5.03. The Morgan fingerprint density at radius 1 is 1.16 bits per heavy atom. The molecule has 19 heavy (non-hydrogen) atoms. The Morgan fingerprint density at radius 3 is 2.84 bits per heavy atom. The first-order valence-corrected chi connectivity index (χ1v) is 7.83. The number of fused-ring (bicyclic) bond motifs is 1. The first kappa shape index (κ1) is 13.0. The van der Waals surface area contributed by atoms with Crippen molar-refractivity contribution in [1.82, 2.24) is 4.90 Å². The zero-order chi connectivity index (χ0) is 13.2. The number of rotatable bonds is 2. The van der Waals surface area contributed by atoms with Crippen LogP contribution in [0.4, 0.5) is 5.69 Å². The van der Waals surface area contributed by atoms with Crippen LogP contribution in [0, 0.1) is 12.8 Å². The lowest BCUT2D eigenvalue weighted by Crippen LogP contribution is -2.46. The van der Waals surface area contributed by atoms with Crippen LogP contribution in [0.5, 0.6) is 0 Å². The normalized spacial score (nSPS) is 28.1. The maximum absolute atomic E-state index is 6.15. The molecule has 0 bridgehead atoms. The molecule has 1 saturated heterocycles. The molecule has 1 saturated carbocycles. The third kappa shape index (κ3) is 2.79. The number of aryl methyl sites for hydroxylation is 1. The number of piperidine rings is 1. The molecule has 0 radical (unpaired) electrons. The van der Waals surface area contributed by atoms with Gasteiger partial charge in [-0.3, -0.25) is 4.90 Å². The van der Waals surface area contributed by atoms with Crippen molar-refractivity contribution >= 4 is 5.69 Å². The van der Waals surface area contributed by atoms with E-state index in [1.54, 1.807) is 0 Å². The van der Waals surface area contributed by atoms with Crippen LogP contribution in [-0.4, -0.2) is 17.5 Å². The lowest BCUT2D eigenvalue weighted by molar-refractivity contribution is 0.0548. The minimum absolute atomic E-state index is 0.822. The summed E-state index contributed by atoms with van der Waals surface area (Å²) in [7, 11) is 0. The molecule has 1 aliphatic heterocycles. The van der Waals surface area contributed by atoms with E-state index in [4.69, 9.17) is 5.73 Å². The van der Waals surface area contributed by atoms with E-state index in [0.717, 1.165) is 24.2 Å². The predicted molar refractivity (Wildman–Crippen MR) is 81.0 cm³/mol. The summed E-state index contributed by atoms with van der Waals surface area (Å²) in [6.45, 7) is 4.46. The van der Waals surface area contributed by atoms with Crippen molar-refractivity contribution in [2.45, 2.75) is 58.0 Å². The fourth-order valence-electron chi connectivity index (χ4n) is 4.01. The number of likely N-dealkylation sites (tertiary alicyclic amines) is 1. The fourth-order valence-corrected chi connectivity index (χ4v) is 4.01. The van der Waals surface area contributed by atoms with E-state index >= 15 is 0 Å². The van der Waals surface area contributed by atoms with Gasteiger partial charge in [0, 0.05) is 18.3 Å². The van der Waals surface area contributed by atoms with Gasteiger partial charge in [-0.2, -0.15) is 0 Å². The average Bonchev–Trinajstić information content (AvgIpc) is 2.43. The highest BCUT2D eigenvalue weighted by Gasteiger charge is 2.33. The number of hydrogen-bond donors (Lipinski definition) is 1. The van der Waals surface area contributed by atoms with Crippen molar-refractivity contribution in [3.8, 4) is 0 Å². The van der Waals surface area contributed by atoms with Gasteiger partial charge in [0.1, 0.15) is 0 Å². The summed E-state index contributed by atoms with van der Waals surface area (Å²) in [4.78, 5) is 2.71. The van der Waals surface area contributed by atoms with Crippen LogP contribution >= 0.6 is 0 Å². The summed E-state index contributed by atoms with van der Waals surface area (Å²) in [6.07, 6.45) is 8.53. The quantitative estimate of drug-likeness (QED) is 0.819. The summed E-state index contributed by atoms with van der Waals surface area (Å²) in [5.41, 5.74) is 9.76. The van der Waals surface area contributed by atoms with Crippen molar-refractivity contribution < 1.29 is 0 Å². The molecule has 2 unspecified atom stereocenters. The minimum atomic E-state index is 0.822. The molecule has 0 aromatic heterocycles. The lowest BCUT2D eigenvalue weighted by Gasteiger charge is -2.44. The van der Waals surface area contributed by atoms with E-state index in [0.29, 0.717) is 0 Å². The first-order valence-electron chi connectivity index (χ1n) is 7.83. The summed E-state index contributed by atoms with van der Waals surface area (Å²) in [5, 5.41) is 0. The van der Waals surface area contributed by atoms with Crippen molar-refractivity contribution in [2.24, 2.45) is 5.92 Å². The third-order valence-corrected chi connectivity index (χ3v) is 5.03. The van der Waals surface area contributed by atoms with Crippen molar-refractivity contribution in [1.29, 1.82) is 0 Å². The molecule has 2 aliphatic rings. The van der Waals surface area contributed by atoms with E-state index < -0.39 is 0 Å². The number of nitrogens with two attached hydrogens (primary N) is 1. The molecule has 1 aliphatic carbocycles. The molecule has 0 amide bonds. The maximum atomic E-state index is 6.15. The second-order valence-electron chi connectivity index (χ2n) is 6.43. The highest BCUT2D eigenvalue weighted by molar-refractivity contribution is 5.48. The summed E-state index contributed by atoms with van der Waals surface area (Å²) in [5.74, 6) is 0.952. The van der Waals surface area contributed by atoms with Gasteiger partial charge in [0.25, 0.3) is 0 Å². The lowest BCUT2D eigenvalue weighted by atomic mass is 9.78. The summed E-state index contributed by atoms with van der Waals surface area (Å²) >= 11 is 0. The Hall–Kier alpha value is -1.02. The highest BCUT2D eigenvalue weighted by atomic mass is 15.2. The van der Waals surface area contributed by atoms with Crippen LogP contribution in [0.1, 0.15) is 49.7 Å². The van der Waals surface area contributed by atoms with Gasteiger partial charge in [-0.05, 0) is 56.7 Å². The second-order valence-corrected chi connectivity index (χ2v) is 6.43. The molecule has 2 atom stereocenters. The number of hydrogen-bond acceptors (Lipinski definition) is 2. The molecule has 104 valence electrons. The topological polar surface area (TPSA) is 29.3 Å². The molecule has 0 spiro atoms. The van der Waals surface area contributed by atoms with E-state index in [1.807, 2.05) is 0 Å². The monoisotopic (exact) mass is 258 g/mol. The molecule has 2 fully saturated rings. The van der Waals surface area contributed by atoms with Crippen LogP contribution in [0.2, 0.25) is 0 Å². The molecule has 1 aromatic rings. The number of nitrogens with zero attached hydrogens (tertiary/aromatic N) is 1. The standard InChI is InChI=1S/C17H26N2/c1-13-8-9-16(18)15(11-13)12-19-10-4-6-14-5-2-3-7-17(14)19/h8-9,11,14,17H,2-7,10,12,18H2,1H3. The molecule has 2 heteroatoms. The van der Waals surface area contributed by atoms with Crippen LogP contribution in [-0.2, 0) is 6.54 Å². The zero-order valence-corrected chi connectivity index (χ0v) is 12.1. The molecule has 2 N–H and O–H groups in total. The van der Waals surface area contributed by atoms with E-state index in [2.05, 4.69) is 30.0 Å². The van der Waals surface area contributed by atoms with E-state index in [-0.39, 0.29) is 0 Å².